The van der Waals surface area contributed by atoms with Crippen molar-refractivity contribution >= 4 is 45.7 Å². The van der Waals surface area contributed by atoms with Gasteiger partial charge in [-0.2, -0.15) is 18.3 Å². The Morgan fingerprint density at radius 2 is 2.17 bits per heavy atom. The Morgan fingerprint density at radius 1 is 1.39 bits per heavy atom. The predicted molar refractivity (Wildman–Crippen MR) is 89.6 cm³/mol. The van der Waals surface area contributed by atoms with Gasteiger partial charge in [0.1, 0.15) is 15.7 Å². The van der Waals surface area contributed by atoms with Crippen LogP contribution in [0.4, 0.5) is 23.4 Å². The number of thioether (sulfide) groups is 1. The zero-order chi connectivity index (χ0) is 16.6. The van der Waals surface area contributed by atoms with Crippen molar-refractivity contribution in [2.24, 2.45) is 0 Å². The number of piperidine rings is 1. The SMILES string of the molecule is FC1CNCCC1Nc1cccc2c(SC(F)(F)F)c(I)nn12. The molecule has 0 aliphatic carbocycles. The van der Waals surface area contributed by atoms with Crippen molar-refractivity contribution in [2.45, 2.75) is 29.0 Å². The second kappa shape index (κ2) is 6.63. The van der Waals surface area contributed by atoms with Gasteiger partial charge in [0, 0.05) is 6.54 Å². The van der Waals surface area contributed by atoms with Gasteiger partial charge < -0.3 is 10.6 Å². The number of alkyl halides is 4. The van der Waals surface area contributed by atoms with Crippen LogP contribution in [0.5, 0.6) is 0 Å². The molecule has 0 bridgehead atoms. The van der Waals surface area contributed by atoms with Crippen molar-refractivity contribution in [1.82, 2.24) is 14.9 Å². The molecular weight excluding hydrogens is 447 g/mol. The first-order valence-corrected chi connectivity index (χ1v) is 8.79. The van der Waals surface area contributed by atoms with Gasteiger partial charge in [0.2, 0.25) is 0 Å². The molecule has 1 saturated heterocycles. The summed E-state index contributed by atoms with van der Waals surface area (Å²) < 4.78 is 53.7. The third-order valence-corrected chi connectivity index (χ3v) is 5.49. The van der Waals surface area contributed by atoms with E-state index in [1.807, 2.05) is 0 Å². The Labute approximate surface area is 147 Å². The highest BCUT2D eigenvalue weighted by Crippen LogP contribution is 2.41. The normalized spacial score (nSPS) is 22.5. The van der Waals surface area contributed by atoms with Crippen LogP contribution in [0.15, 0.2) is 23.1 Å². The van der Waals surface area contributed by atoms with E-state index in [2.05, 4.69) is 15.7 Å². The third-order valence-electron chi connectivity index (χ3n) is 3.53. The van der Waals surface area contributed by atoms with E-state index < -0.39 is 11.7 Å². The maximum atomic E-state index is 13.9. The smallest absolute Gasteiger partial charge is 0.364 e. The summed E-state index contributed by atoms with van der Waals surface area (Å²) in [4.78, 5) is 0.0591. The Hall–Kier alpha value is -0.750. The van der Waals surface area contributed by atoms with Crippen LogP contribution in [0.3, 0.4) is 0 Å². The Bertz CT molecular complexity index is 705. The molecule has 1 fully saturated rings. The van der Waals surface area contributed by atoms with E-state index in [0.717, 1.165) is 0 Å². The van der Waals surface area contributed by atoms with Crippen molar-refractivity contribution in [3.63, 3.8) is 0 Å². The number of pyridine rings is 1. The first kappa shape index (κ1) is 17.1. The molecule has 0 saturated carbocycles. The maximum Gasteiger partial charge on any atom is 0.446 e. The van der Waals surface area contributed by atoms with Crippen molar-refractivity contribution in [1.29, 1.82) is 0 Å². The summed E-state index contributed by atoms with van der Waals surface area (Å²) in [5.74, 6) is 0.490. The summed E-state index contributed by atoms with van der Waals surface area (Å²) in [7, 11) is 0. The van der Waals surface area contributed by atoms with Gasteiger partial charge >= 0.3 is 5.51 Å². The van der Waals surface area contributed by atoms with Crippen LogP contribution in [0.25, 0.3) is 5.52 Å². The summed E-state index contributed by atoms with van der Waals surface area (Å²) in [6, 6.07) is 4.52. The van der Waals surface area contributed by atoms with E-state index in [1.165, 1.54) is 4.52 Å². The highest BCUT2D eigenvalue weighted by Gasteiger charge is 2.33. The largest absolute Gasteiger partial charge is 0.446 e. The molecule has 3 heterocycles. The van der Waals surface area contributed by atoms with Crippen molar-refractivity contribution in [3.8, 4) is 0 Å². The molecule has 3 rings (SSSR count). The first-order valence-electron chi connectivity index (χ1n) is 6.89. The third kappa shape index (κ3) is 3.85. The summed E-state index contributed by atoms with van der Waals surface area (Å²) in [5, 5.41) is 10.2. The van der Waals surface area contributed by atoms with Gasteiger partial charge in [0.25, 0.3) is 0 Å². The number of rotatable bonds is 3. The molecule has 1 aliphatic rings. The van der Waals surface area contributed by atoms with Gasteiger partial charge in [-0.15, -0.1) is 0 Å². The van der Waals surface area contributed by atoms with Gasteiger partial charge in [0.15, 0.2) is 0 Å². The number of nitrogens with one attached hydrogen (secondary N) is 2. The number of aromatic nitrogens is 2. The summed E-state index contributed by atoms with van der Waals surface area (Å²) >= 11 is 1.60. The molecule has 0 aromatic carbocycles. The average molecular weight is 460 g/mol. The molecule has 23 heavy (non-hydrogen) atoms. The lowest BCUT2D eigenvalue weighted by Crippen LogP contribution is -2.45. The van der Waals surface area contributed by atoms with E-state index in [4.69, 9.17) is 0 Å². The zero-order valence-corrected chi connectivity index (χ0v) is 14.7. The number of fused-ring (bicyclic) bond motifs is 1. The molecule has 4 nitrogen and oxygen atoms in total. The molecule has 2 N–H and O–H groups in total. The van der Waals surface area contributed by atoms with Crippen LogP contribution in [0.2, 0.25) is 0 Å². The quantitative estimate of drug-likeness (QED) is 0.417. The topological polar surface area (TPSA) is 41.4 Å². The van der Waals surface area contributed by atoms with Crippen LogP contribution < -0.4 is 10.6 Å². The fourth-order valence-corrected chi connectivity index (χ4v) is 3.95. The number of halogens is 5. The van der Waals surface area contributed by atoms with Crippen LogP contribution in [0, 0.1) is 3.70 Å². The molecule has 126 valence electrons. The maximum absolute atomic E-state index is 13.9. The highest BCUT2D eigenvalue weighted by atomic mass is 127. The Balaban J connectivity index is 1.94. The summed E-state index contributed by atoms with van der Waals surface area (Å²) in [6.07, 6.45) is -0.460. The molecule has 10 heteroatoms. The van der Waals surface area contributed by atoms with E-state index in [-0.39, 0.29) is 32.9 Å². The lowest BCUT2D eigenvalue weighted by atomic mass is 10.1. The van der Waals surface area contributed by atoms with Gasteiger partial charge in [0.05, 0.1) is 16.5 Å². The van der Waals surface area contributed by atoms with E-state index in [0.29, 0.717) is 24.3 Å². The summed E-state index contributed by atoms with van der Waals surface area (Å²) in [6.45, 7) is 0.958. The minimum atomic E-state index is -4.38. The molecule has 2 unspecified atom stereocenters. The molecular formula is C13H13F4IN4S. The number of hydrogen-bond acceptors (Lipinski definition) is 4. The van der Waals surface area contributed by atoms with Crippen LogP contribution in [-0.4, -0.2) is 40.4 Å². The number of anilines is 1. The van der Waals surface area contributed by atoms with Crippen molar-refractivity contribution < 1.29 is 17.6 Å². The van der Waals surface area contributed by atoms with Gasteiger partial charge in [-0.3, -0.25) is 0 Å². The lowest BCUT2D eigenvalue weighted by Gasteiger charge is -2.28. The van der Waals surface area contributed by atoms with E-state index >= 15 is 0 Å². The van der Waals surface area contributed by atoms with Gasteiger partial charge in [-0.1, -0.05) is 6.07 Å². The highest BCUT2D eigenvalue weighted by molar-refractivity contribution is 14.1. The van der Waals surface area contributed by atoms with Crippen molar-refractivity contribution in [2.75, 3.05) is 18.4 Å². The van der Waals surface area contributed by atoms with Gasteiger partial charge in [-0.25, -0.2) is 8.91 Å². The first-order chi connectivity index (χ1) is 10.8. The second-order valence-corrected chi connectivity index (χ2v) is 7.23. The van der Waals surface area contributed by atoms with Crippen LogP contribution in [-0.2, 0) is 0 Å². The lowest BCUT2D eigenvalue weighted by molar-refractivity contribution is -0.0328. The molecule has 2 aromatic rings. The number of nitrogens with zero attached hydrogens (tertiary/aromatic N) is 2. The van der Waals surface area contributed by atoms with E-state index in [9.17, 15) is 17.6 Å². The van der Waals surface area contributed by atoms with Crippen molar-refractivity contribution in [3.05, 3.63) is 21.9 Å². The predicted octanol–water partition coefficient (Wildman–Crippen LogP) is 3.66. The molecule has 1 aliphatic heterocycles. The molecule has 0 radical (unpaired) electrons. The second-order valence-electron chi connectivity index (χ2n) is 5.14. The number of hydrogen-bond donors (Lipinski definition) is 2. The van der Waals surface area contributed by atoms with Crippen LogP contribution in [0.1, 0.15) is 6.42 Å². The monoisotopic (exact) mass is 460 g/mol. The van der Waals surface area contributed by atoms with Gasteiger partial charge in [-0.05, 0) is 59.5 Å². The fourth-order valence-electron chi connectivity index (χ4n) is 2.51. The molecule has 0 amide bonds. The Morgan fingerprint density at radius 3 is 2.87 bits per heavy atom. The summed E-state index contributed by atoms with van der Waals surface area (Å²) in [5.41, 5.74) is -4.03. The molecule has 2 aromatic heterocycles. The molecule has 2 atom stereocenters. The Kier molecular flexibility index (Phi) is 4.93. The van der Waals surface area contributed by atoms with E-state index in [1.54, 1.807) is 40.8 Å². The minimum Gasteiger partial charge on any atom is -0.364 e. The minimum absolute atomic E-state index is 0.0591. The zero-order valence-electron chi connectivity index (χ0n) is 11.7. The average Bonchev–Trinajstić information content (AvgIpc) is 2.77. The fraction of sp³-hybridized carbons (Fsp3) is 0.462. The van der Waals surface area contributed by atoms with Crippen LogP contribution >= 0.6 is 34.4 Å². The molecule has 0 spiro atoms. The standard InChI is InChI=1S/C13H13F4IN4S/c14-7-6-19-5-4-8(7)20-10-3-1-2-9-11(23-13(15,16)17)12(18)21-22(9)10/h1-3,7-8,19-20H,4-6H2.